The van der Waals surface area contributed by atoms with Gasteiger partial charge >= 0.3 is 0 Å². The molecule has 1 N–H and O–H groups in total. The summed E-state index contributed by atoms with van der Waals surface area (Å²) < 4.78 is 0. The number of hydrogen-bond acceptors (Lipinski definition) is 2. The van der Waals surface area contributed by atoms with Crippen LogP contribution < -0.4 is 10.2 Å². The fourth-order valence-corrected chi connectivity index (χ4v) is 3.25. The van der Waals surface area contributed by atoms with Crippen LogP contribution in [0, 0.1) is 11.8 Å². The van der Waals surface area contributed by atoms with Gasteiger partial charge < -0.3 is 10.2 Å². The van der Waals surface area contributed by atoms with E-state index in [1.54, 1.807) is 0 Å². The van der Waals surface area contributed by atoms with Gasteiger partial charge in [-0.2, -0.15) is 0 Å². The Morgan fingerprint density at radius 2 is 1.68 bits per heavy atom. The maximum atomic E-state index is 3.57. The van der Waals surface area contributed by atoms with Gasteiger partial charge in [0.25, 0.3) is 0 Å². The van der Waals surface area contributed by atoms with Crippen LogP contribution in [0.5, 0.6) is 0 Å². The Bertz CT molecular complexity index is 398. The third kappa shape index (κ3) is 3.50. The highest BCUT2D eigenvalue weighted by Crippen LogP contribution is 2.26. The van der Waals surface area contributed by atoms with E-state index in [2.05, 4.69) is 48.3 Å². The van der Waals surface area contributed by atoms with E-state index in [-0.39, 0.29) is 0 Å². The molecule has 0 amide bonds. The van der Waals surface area contributed by atoms with Crippen molar-refractivity contribution >= 4 is 5.69 Å². The van der Waals surface area contributed by atoms with Crippen LogP contribution in [0.3, 0.4) is 0 Å². The normalized spacial score (nSPS) is 27.6. The molecule has 1 aliphatic carbocycles. The Morgan fingerprint density at radius 1 is 1.05 bits per heavy atom. The predicted molar refractivity (Wildman–Crippen MR) is 81.5 cm³/mol. The standard InChI is InChI=1S/C17H26N2/c1-13-9-14(2)12-19(11-13)17-7-3-15(4-8-17)10-18-16-5-6-16/h3-4,7-8,13-14,16,18H,5-6,9-12H2,1-2H3. The van der Waals surface area contributed by atoms with Gasteiger partial charge in [0.1, 0.15) is 0 Å². The molecule has 0 radical (unpaired) electrons. The molecular formula is C17H26N2. The third-order valence-electron chi connectivity index (χ3n) is 4.34. The molecule has 1 heterocycles. The van der Waals surface area contributed by atoms with E-state index < -0.39 is 0 Å². The average molecular weight is 258 g/mol. The number of rotatable bonds is 4. The molecule has 1 aromatic rings. The molecule has 0 bridgehead atoms. The molecule has 2 nitrogen and oxygen atoms in total. The van der Waals surface area contributed by atoms with E-state index in [1.807, 2.05) is 0 Å². The molecule has 2 unspecified atom stereocenters. The van der Waals surface area contributed by atoms with Gasteiger partial charge in [-0.3, -0.25) is 0 Å². The van der Waals surface area contributed by atoms with Gasteiger partial charge in [0, 0.05) is 31.4 Å². The van der Waals surface area contributed by atoms with Gasteiger partial charge in [-0.1, -0.05) is 26.0 Å². The van der Waals surface area contributed by atoms with Crippen LogP contribution in [0.1, 0.15) is 38.7 Å². The molecule has 0 aromatic heterocycles. The van der Waals surface area contributed by atoms with Crippen molar-refractivity contribution in [2.24, 2.45) is 11.8 Å². The Hall–Kier alpha value is -1.02. The smallest absolute Gasteiger partial charge is 0.0366 e. The summed E-state index contributed by atoms with van der Waals surface area (Å²) in [6, 6.07) is 9.97. The van der Waals surface area contributed by atoms with Gasteiger partial charge in [-0.15, -0.1) is 0 Å². The molecule has 1 saturated heterocycles. The molecule has 19 heavy (non-hydrogen) atoms. The first-order valence-corrected chi connectivity index (χ1v) is 7.78. The van der Waals surface area contributed by atoms with E-state index >= 15 is 0 Å². The van der Waals surface area contributed by atoms with E-state index in [1.165, 1.54) is 43.6 Å². The lowest BCUT2D eigenvalue weighted by Crippen LogP contribution is -2.38. The van der Waals surface area contributed by atoms with Crippen LogP contribution in [0.25, 0.3) is 0 Å². The quantitative estimate of drug-likeness (QED) is 0.890. The maximum Gasteiger partial charge on any atom is 0.0366 e. The highest BCUT2D eigenvalue weighted by atomic mass is 15.1. The number of piperidine rings is 1. The van der Waals surface area contributed by atoms with Gasteiger partial charge in [0.05, 0.1) is 0 Å². The van der Waals surface area contributed by atoms with E-state index in [0.29, 0.717) is 0 Å². The summed E-state index contributed by atoms with van der Waals surface area (Å²) in [5, 5.41) is 3.57. The summed E-state index contributed by atoms with van der Waals surface area (Å²) in [5.41, 5.74) is 2.81. The van der Waals surface area contributed by atoms with Crippen molar-refractivity contribution in [2.75, 3.05) is 18.0 Å². The molecule has 1 aliphatic heterocycles. The zero-order chi connectivity index (χ0) is 13.2. The first kappa shape index (κ1) is 13.0. The molecule has 2 fully saturated rings. The van der Waals surface area contributed by atoms with Gasteiger partial charge in [0.2, 0.25) is 0 Å². The van der Waals surface area contributed by atoms with E-state index in [4.69, 9.17) is 0 Å². The molecule has 2 aliphatic rings. The zero-order valence-electron chi connectivity index (χ0n) is 12.2. The minimum atomic E-state index is 0.795. The van der Waals surface area contributed by atoms with Gasteiger partial charge in [-0.25, -0.2) is 0 Å². The van der Waals surface area contributed by atoms with Crippen LogP contribution in [0.4, 0.5) is 5.69 Å². The van der Waals surface area contributed by atoms with Crippen LogP contribution >= 0.6 is 0 Å². The van der Waals surface area contributed by atoms with Gasteiger partial charge in [0.15, 0.2) is 0 Å². The first-order chi connectivity index (χ1) is 9.20. The van der Waals surface area contributed by atoms with Crippen molar-refractivity contribution < 1.29 is 0 Å². The molecule has 1 aromatic carbocycles. The first-order valence-electron chi connectivity index (χ1n) is 7.78. The third-order valence-corrected chi connectivity index (χ3v) is 4.34. The molecule has 104 valence electrons. The largest absolute Gasteiger partial charge is 0.371 e. The van der Waals surface area contributed by atoms with Crippen LogP contribution in [-0.4, -0.2) is 19.1 Å². The fraction of sp³-hybridized carbons (Fsp3) is 0.647. The summed E-state index contributed by atoms with van der Waals surface area (Å²) >= 11 is 0. The Labute approximate surface area is 117 Å². The second-order valence-corrected chi connectivity index (χ2v) is 6.67. The monoisotopic (exact) mass is 258 g/mol. The molecule has 3 rings (SSSR count). The van der Waals surface area contributed by atoms with Crippen molar-refractivity contribution in [3.05, 3.63) is 29.8 Å². The van der Waals surface area contributed by atoms with Crippen LogP contribution in [0.2, 0.25) is 0 Å². The van der Waals surface area contributed by atoms with E-state index in [0.717, 1.165) is 24.4 Å². The minimum absolute atomic E-state index is 0.795. The van der Waals surface area contributed by atoms with Crippen LogP contribution in [0.15, 0.2) is 24.3 Å². The minimum Gasteiger partial charge on any atom is -0.371 e. The molecule has 1 saturated carbocycles. The maximum absolute atomic E-state index is 3.57. The number of anilines is 1. The molecule has 0 spiro atoms. The highest BCUT2D eigenvalue weighted by Gasteiger charge is 2.22. The highest BCUT2D eigenvalue weighted by molar-refractivity contribution is 5.48. The summed E-state index contributed by atoms with van der Waals surface area (Å²) in [7, 11) is 0. The molecule has 2 heteroatoms. The van der Waals surface area contributed by atoms with E-state index in [9.17, 15) is 0 Å². The Morgan fingerprint density at radius 3 is 2.26 bits per heavy atom. The van der Waals surface area contributed by atoms with Crippen molar-refractivity contribution in [3.8, 4) is 0 Å². The number of benzene rings is 1. The number of nitrogens with one attached hydrogen (secondary N) is 1. The zero-order valence-corrected chi connectivity index (χ0v) is 12.2. The lowest BCUT2D eigenvalue weighted by atomic mass is 9.91. The Kier molecular flexibility index (Phi) is 3.79. The topological polar surface area (TPSA) is 15.3 Å². The lowest BCUT2D eigenvalue weighted by molar-refractivity contribution is 0.357. The van der Waals surface area contributed by atoms with Crippen molar-refractivity contribution in [1.82, 2.24) is 5.32 Å². The second kappa shape index (κ2) is 5.54. The summed E-state index contributed by atoms with van der Waals surface area (Å²) in [5.74, 6) is 1.64. The summed E-state index contributed by atoms with van der Waals surface area (Å²) in [6.07, 6.45) is 4.10. The Balaban J connectivity index is 1.60. The molecule has 2 atom stereocenters. The van der Waals surface area contributed by atoms with Crippen LogP contribution in [-0.2, 0) is 6.54 Å². The van der Waals surface area contributed by atoms with Crippen molar-refractivity contribution in [2.45, 2.75) is 45.7 Å². The number of hydrogen-bond donors (Lipinski definition) is 1. The SMILES string of the molecule is CC1CC(C)CN(c2ccc(CNC3CC3)cc2)C1. The average Bonchev–Trinajstić information content (AvgIpc) is 3.20. The summed E-state index contributed by atoms with van der Waals surface area (Å²) in [6.45, 7) is 8.19. The van der Waals surface area contributed by atoms with Crippen molar-refractivity contribution in [3.63, 3.8) is 0 Å². The molecular weight excluding hydrogens is 232 g/mol. The lowest BCUT2D eigenvalue weighted by Gasteiger charge is -2.36. The van der Waals surface area contributed by atoms with Crippen molar-refractivity contribution in [1.29, 1.82) is 0 Å². The number of nitrogens with zero attached hydrogens (tertiary/aromatic N) is 1. The predicted octanol–water partition coefficient (Wildman–Crippen LogP) is 3.42. The van der Waals surface area contributed by atoms with Gasteiger partial charge in [-0.05, 0) is 48.8 Å². The second-order valence-electron chi connectivity index (χ2n) is 6.67. The fourth-order valence-electron chi connectivity index (χ4n) is 3.25. The summed E-state index contributed by atoms with van der Waals surface area (Å²) in [4.78, 5) is 2.55.